The van der Waals surface area contributed by atoms with Crippen molar-refractivity contribution in [2.24, 2.45) is 0 Å². The number of carbonyl (C=O) groups excluding carboxylic acids is 2. The summed E-state index contributed by atoms with van der Waals surface area (Å²) in [4.78, 5) is 29.8. The number of amides is 2. The Morgan fingerprint density at radius 1 is 1.12 bits per heavy atom. The monoisotopic (exact) mass is 576 g/mol. The van der Waals surface area contributed by atoms with Gasteiger partial charge in [0.05, 0.1) is 22.4 Å². The molecule has 1 aliphatic rings. The van der Waals surface area contributed by atoms with Gasteiger partial charge in [0.1, 0.15) is 18.2 Å². The number of aromatic nitrogens is 2. The van der Waals surface area contributed by atoms with Gasteiger partial charge in [-0.3, -0.25) is 14.5 Å². The minimum Gasteiger partial charge on any atom is -0.350 e. The molecular weight excluding hydrogens is 543 g/mol. The molecular formula is C31H33FN4O2S2. The van der Waals surface area contributed by atoms with Crippen LogP contribution in [0.15, 0.2) is 60.0 Å². The van der Waals surface area contributed by atoms with E-state index >= 15 is 0 Å². The zero-order valence-corrected chi connectivity index (χ0v) is 25.0. The summed E-state index contributed by atoms with van der Waals surface area (Å²) in [6.45, 7) is 10.6. The number of benzene rings is 2. The van der Waals surface area contributed by atoms with Gasteiger partial charge in [-0.05, 0) is 54.6 Å². The van der Waals surface area contributed by atoms with E-state index in [1.165, 1.54) is 12.1 Å². The highest BCUT2D eigenvalue weighted by atomic mass is 32.2. The highest BCUT2D eigenvalue weighted by Crippen LogP contribution is 2.49. The number of halogens is 1. The third-order valence-corrected chi connectivity index (χ3v) is 9.21. The molecule has 2 aromatic heterocycles. The molecule has 0 fully saturated rings. The minimum absolute atomic E-state index is 0.0973. The Bertz CT molecular complexity index is 1540. The molecule has 0 saturated heterocycles. The maximum Gasteiger partial charge on any atom is 0.240 e. The van der Waals surface area contributed by atoms with Gasteiger partial charge in [-0.1, -0.05) is 56.7 Å². The van der Waals surface area contributed by atoms with Gasteiger partial charge in [-0.15, -0.1) is 23.1 Å². The second-order valence-corrected chi connectivity index (χ2v) is 13.2. The van der Waals surface area contributed by atoms with Crippen LogP contribution in [-0.2, 0) is 21.5 Å². The first-order chi connectivity index (χ1) is 19.0. The lowest BCUT2D eigenvalue weighted by Gasteiger charge is -2.24. The molecule has 6 nitrogen and oxygen atoms in total. The molecule has 9 heteroatoms. The number of nitrogens with zero attached hydrogens (tertiary/aromatic N) is 3. The molecule has 1 atom stereocenters. The average Bonchev–Trinajstić information content (AvgIpc) is 3.54. The molecule has 2 amide bonds. The van der Waals surface area contributed by atoms with Crippen molar-refractivity contribution in [1.29, 1.82) is 0 Å². The van der Waals surface area contributed by atoms with E-state index in [2.05, 4.69) is 38.2 Å². The molecule has 208 valence electrons. The van der Waals surface area contributed by atoms with Gasteiger partial charge in [0.15, 0.2) is 0 Å². The second kappa shape index (κ2) is 11.2. The SMILES string of the molecule is Cc1ccc(-n2nc(C(C)(C)C)c3c2N(CC(=O)NCc2ccc(F)cc2)C(=O)CS[C@H]3c2cccs2)c(C)c1. The first-order valence-corrected chi connectivity index (χ1v) is 15.1. The van der Waals surface area contributed by atoms with Gasteiger partial charge in [-0.25, -0.2) is 9.07 Å². The highest BCUT2D eigenvalue weighted by molar-refractivity contribution is 8.00. The predicted molar refractivity (Wildman–Crippen MR) is 161 cm³/mol. The highest BCUT2D eigenvalue weighted by Gasteiger charge is 2.40. The van der Waals surface area contributed by atoms with Crippen molar-refractivity contribution in [1.82, 2.24) is 15.1 Å². The van der Waals surface area contributed by atoms with Crippen LogP contribution in [0.5, 0.6) is 0 Å². The maximum absolute atomic E-state index is 13.8. The lowest BCUT2D eigenvalue weighted by Crippen LogP contribution is -2.42. The number of aryl methyl sites for hydroxylation is 2. The number of anilines is 1. The van der Waals surface area contributed by atoms with Crippen molar-refractivity contribution in [2.75, 3.05) is 17.2 Å². The molecule has 0 spiro atoms. The van der Waals surface area contributed by atoms with Crippen LogP contribution in [0.2, 0.25) is 0 Å². The maximum atomic E-state index is 13.8. The first kappa shape index (κ1) is 28.1. The van der Waals surface area contributed by atoms with Crippen LogP contribution in [0.25, 0.3) is 5.69 Å². The van der Waals surface area contributed by atoms with Gasteiger partial charge < -0.3 is 5.32 Å². The molecule has 0 bridgehead atoms. The Morgan fingerprint density at radius 2 is 1.88 bits per heavy atom. The van der Waals surface area contributed by atoms with Crippen molar-refractivity contribution in [3.63, 3.8) is 0 Å². The fourth-order valence-corrected chi connectivity index (χ4v) is 7.13. The predicted octanol–water partition coefficient (Wildman–Crippen LogP) is 6.47. The smallest absolute Gasteiger partial charge is 0.240 e. The van der Waals surface area contributed by atoms with E-state index in [9.17, 15) is 14.0 Å². The van der Waals surface area contributed by atoms with E-state index in [0.717, 1.165) is 38.5 Å². The normalized spacial score (nSPS) is 15.6. The second-order valence-electron chi connectivity index (χ2n) is 11.1. The number of hydrogen-bond donors (Lipinski definition) is 1. The van der Waals surface area contributed by atoms with Crippen molar-refractivity contribution in [3.8, 4) is 5.69 Å². The molecule has 4 aromatic rings. The summed E-state index contributed by atoms with van der Waals surface area (Å²) < 4.78 is 15.2. The molecule has 0 unspecified atom stereocenters. The van der Waals surface area contributed by atoms with Crippen LogP contribution in [0.4, 0.5) is 10.2 Å². The molecule has 2 aromatic carbocycles. The zero-order chi connectivity index (χ0) is 28.6. The fraction of sp³-hybridized carbons (Fsp3) is 0.323. The van der Waals surface area contributed by atoms with E-state index in [4.69, 9.17) is 5.10 Å². The van der Waals surface area contributed by atoms with Gasteiger partial charge in [-0.2, -0.15) is 5.10 Å². The Labute approximate surface area is 242 Å². The number of thiophene rings is 1. The van der Waals surface area contributed by atoms with Crippen LogP contribution in [0.1, 0.15) is 58.8 Å². The lowest BCUT2D eigenvalue weighted by atomic mass is 9.88. The third kappa shape index (κ3) is 5.71. The van der Waals surface area contributed by atoms with Crippen LogP contribution in [0.3, 0.4) is 0 Å². The molecule has 0 radical (unpaired) electrons. The first-order valence-electron chi connectivity index (χ1n) is 13.2. The van der Waals surface area contributed by atoms with Crippen LogP contribution in [0, 0.1) is 19.7 Å². The summed E-state index contributed by atoms with van der Waals surface area (Å²) in [6.07, 6.45) is 0. The fourth-order valence-electron chi connectivity index (χ4n) is 4.95. The Balaban J connectivity index is 1.63. The van der Waals surface area contributed by atoms with Crippen molar-refractivity contribution in [3.05, 3.63) is 98.6 Å². The van der Waals surface area contributed by atoms with Crippen molar-refractivity contribution in [2.45, 2.75) is 51.8 Å². The van der Waals surface area contributed by atoms with Crippen LogP contribution < -0.4 is 10.2 Å². The van der Waals surface area contributed by atoms with Gasteiger partial charge in [0.25, 0.3) is 0 Å². The van der Waals surface area contributed by atoms with Gasteiger partial charge in [0, 0.05) is 22.4 Å². The average molecular weight is 577 g/mol. The van der Waals surface area contributed by atoms with Gasteiger partial charge >= 0.3 is 0 Å². The van der Waals surface area contributed by atoms with E-state index in [1.54, 1.807) is 40.1 Å². The minimum atomic E-state index is -0.329. The number of fused-ring (bicyclic) bond motifs is 1. The summed E-state index contributed by atoms with van der Waals surface area (Å²) >= 11 is 3.24. The topological polar surface area (TPSA) is 67.2 Å². The number of hydrogen-bond acceptors (Lipinski definition) is 5. The molecule has 0 saturated carbocycles. The summed E-state index contributed by atoms with van der Waals surface area (Å²) in [5, 5.41) is 10.0. The van der Waals surface area contributed by atoms with Crippen molar-refractivity contribution < 1.29 is 14.0 Å². The van der Waals surface area contributed by atoms with E-state index in [1.807, 2.05) is 42.1 Å². The summed E-state index contributed by atoms with van der Waals surface area (Å²) in [5.41, 5.74) is 5.38. The zero-order valence-electron chi connectivity index (χ0n) is 23.3. The molecule has 0 aliphatic carbocycles. The van der Waals surface area contributed by atoms with Crippen molar-refractivity contribution >= 4 is 40.7 Å². The molecule has 1 aliphatic heterocycles. The molecule has 1 N–H and O–H groups in total. The lowest BCUT2D eigenvalue weighted by molar-refractivity contribution is -0.123. The molecule has 5 rings (SSSR count). The van der Waals surface area contributed by atoms with Gasteiger partial charge in [0.2, 0.25) is 11.8 Å². The number of nitrogens with one attached hydrogen (secondary N) is 1. The summed E-state index contributed by atoms with van der Waals surface area (Å²) in [7, 11) is 0. The summed E-state index contributed by atoms with van der Waals surface area (Å²) in [5.74, 6) is 0.105. The Kier molecular flexibility index (Phi) is 7.88. The van der Waals surface area contributed by atoms with Crippen LogP contribution >= 0.6 is 23.1 Å². The number of thioether (sulfide) groups is 1. The van der Waals surface area contributed by atoms with E-state index < -0.39 is 0 Å². The Hall–Kier alpha value is -3.43. The van der Waals surface area contributed by atoms with E-state index in [-0.39, 0.29) is 47.1 Å². The number of rotatable bonds is 6. The largest absolute Gasteiger partial charge is 0.350 e. The molecule has 40 heavy (non-hydrogen) atoms. The standard InChI is InChI=1S/C31H33FN4O2S2/c1-19-8-13-23(20(2)15-19)36-30-27(29(34-36)31(3,4)5)28(24-7-6-14-39-24)40-18-26(38)35(30)17-25(37)33-16-21-9-11-22(32)12-10-21/h6-15,28H,16-18H2,1-5H3,(H,33,37)/t28-/m0/s1. The Morgan fingerprint density at radius 3 is 2.52 bits per heavy atom. The summed E-state index contributed by atoms with van der Waals surface area (Å²) in [6, 6.07) is 16.3. The van der Waals surface area contributed by atoms with E-state index in [0.29, 0.717) is 5.82 Å². The third-order valence-electron chi connectivity index (χ3n) is 6.89. The quantitative estimate of drug-likeness (QED) is 0.286. The number of carbonyl (C=O) groups is 2. The van der Waals surface area contributed by atoms with Crippen LogP contribution in [-0.4, -0.2) is 33.9 Å². The molecule has 3 heterocycles.